The lowest BCUT2D eigenvalue weighted by atomic mass is 10.2. The van der Waals surface area contributed by atoms with Crippen LogP contribution in [0.4, 0.5) is 5.13 Å². The summed E-state index contributed by atoms with van der Waals surface area (Å²) in [6.07, 6.45) is 3.06. The third-order valence-electron chi connectivity index (χ3n) is 2.23. The van der Waals surface area contributed by atoms with Crippen LogP contribution >= 0.6 is 11.3 Å². The van der Waals surface area contributed by atoms with Crippen LogP contribution in [0.3, 0.4) is 0 Å². The Morgan fingerprint density at radius 1 is 1.57 bits per heavy atom. The van der Waals surface area contributed by atoms with Crippen molar-refractivity contribution in [2.45, 2.75) is 39.2 Å². The summed E-state index contributed by atoms with van der Waals surface area (Å²) in [6, 6.07) is 0.313. The minimum absolute atomic E-state index is 0.313. The molecule has 0 bridgehead atoms. The number of nitrogens with two attached hydrogens (primary N) is 1. The average molecular weight is 213 g/mol. The van der Waals surface area contributed by atoms with E-state index in [-0.39, 0.29) is 0 Å². The van der Waals surface area contributed by atoms with Crippen LogP contribution in [-0.2, 0) is 6.42 Å². The highest BCUT2D eigenvalue weighted by atomic mass is 32.1. The maximum atomic E-state index is 5.81. The molecule has 80 valence electrons. The largest absolute Gasteiger partial charge is 0.361 e. The molecule has 0 spiro atoms. The molecule has 1 heterocycles. The van der Waals surface area contributed by atoms with Gasteiger partial charge in [0.15, 0.2) is 5.13 Å². The second-order valence-corrected chi connectivity index (χ2v) is 4.24. The van der Waals surface area contributed by atoms with E-state index in [0.717, 1.165) is 36.6 Å². The molecule has 0 fully saturated rings. The number of nitrogens with one attached hydrogen (secondary N) is 1. The topological polar surface area (TPSA) is 50.9 Å². The van der Waals surface area contributed by atoms with Gasteiger partial charge in [-0.2, -0.15) is 0 Å². The molecule has 1 aromatic heterocycles. The Kier molecular flexibility index (Phi) is 4.90. The van der Waals surface area contributed by atoms with E-state index in [1.807, 2.05) is 0 Å². The minimum Gasteiger partial charge on any atom is -0.361 e. The molecule has 14 heavy (non-hydrogen) atoms. The van der Waals surface area contributed by atoms with E-state index in [1.165, 1.54) is 0 Å². The van der Waals surface area contributed by atoms with Gasteiger partial charge in [-0.3, -0.25) is 0 Å². The predicted molar refractivity (Wildman–Crippen MR) is 62.9 cm³/mol. The van der Waals surface area contributed by atoms with Gasteiger partial charge in [-0.05, 0) is 19.3 Å². The van der Waals surface area contributed by atoms with Crippen LogP contribution in [0.15, 0.2) is 5.38 Å². The molecule has 1 unspecified atom stereocenters. The van der Waals surface area contributed by atoms with Crippen molar-refractivity contribution in [2.75, 3.05) is 11.9 Å². The van der Waals surface area contributed by atoms with Gasteiger partial charge in [-0.1, -0.05) is 13.8 Å². The van der Waals surface area contributed by atoms with Gasteiger partial charge in [0.05, 0.1) is 5.69 Å². The van der Waals surface area contributed by atoms with Gasteiger partial charge in [-0.15, -0.1) is 11.3 Å². The van der Waals surface area contributed by atoms with Gasteiger partial charge in [0, 0.05) is 18.0 Å². The lowest BCUT2D eigenvalue weighted by Gasteiger charge is -2.08. The molecule has 1 rings (SSSR count). The van der Waals surface area contributed by atoms with Gasteiger partial charge in [0.1, 0.15) is 0 Å². The zero-order valence-electron chi connectivity index (χ0n) is 8.92. The quantitative estimate of drug-likeness (QED) is 0.762. The first-order chi connectivity index (χ1) is 6.76. The van der Waals surface area contributed by atoms with Crippen LogP contribution in [0.5, 0.6) is 0 Å². The smallest absolute Gasteiger partial charge is 0.182 e. The molecule has 4 heteroatoms. The second kappa shape index (κ2) is 5.98. The molecule has 0 aliphatic rings. The number of thiazole rings is 1. The van der Waals surface area contributed by atoms with Crippen molar-refractivity contribution in [1.82, 2.24) is 4.98 Å². The van der Waals surface area contributed by atoms with Gasteiger partial charge < -0.3 is 11.1 Å². The van der Waals surface area contributed by atoms with E-state index in [0.29, 0.717) is 6.04 Å². The molecule has 0 radical (unpaired) electrons. The maximum Gasteiger partial charge on any atom is 0.182 e. The molecule has 0 aliphatic carbocycles. The van der Waals surface area contributed by atoms with Gasteiger partial charge in [-0.25, -0.2) is 4.98 Å². The third-order valence-corrected chi connectivity index (χ3v) is 3.08. The Labute approximate surface area is 89.7 Å². The standard InChI is InChI=1S/C10H19N3S/c1-3-8(11)5-6-12-10-13-9(4-2)7-14-10/h7-8H,3-6,11H2,1-2H3,(H,12,13). The zero-order chi connectivity index (χ0) is 10.4. The van der Waals surface area contributed by atoms with E-state index < -0.39 is 0 Å². The molecule has 1 atom stereocenters. The van der Waals surface area contributed by atoms with Gasteiger partial charge >= 0.3 is 0 Å². The van der Waals surface area contributed by atoms with Crippen molar-refractivity contribution >= 4 is 16.5 Å². The van der Waals surface area contributed by atoms with Crippen molar-refractivity contribution in [3.05, 3.63) is 11.1 Å². The summed E-state index contributed by atoms with van der Waals surface area (Å²) in [5.74, 6) is 0. The number of aryl methyl sites for hydroxylation is 1. The lowest BCUT2D eigenvalue weighted by molar-refractivity contribution is 0.613. The van der Waals surface area contributed by atoms with Crippen LogP contribution in [0.1, 0.15) is 32.4 Å². The van der Waals surface area contributed by atoms with E-state index >= 15 is 0 Å². The van der Waals surface area contributed by atoms with Crippen LogP contribution < -0.4 is 11.1 Å². The summed E-state index contributed by atoms with van der Waals surface area (Å²) in [4.78, 5) is 4.42. The first-order valence-electron chi connectivity index (χ1n) is 5.20. The molecule has 1 aromatic rings. The number of hydrogen-bond donors (Lipinski definition) is 2. The van der Waals surface area contributed by atoms with E-state index in [1.54, 1.807) is 11.3 Å². The summed E-state index contributed by atoms with van der Waals surface area (Å²) in [6.45, 7) is 5.15. The van der Waals surface area contributed by atoms with Crippen LogP contribution in [0.25, 0.3) is 0 Å². The van der Waals surface area contributed by atoms with Crippen LogP contribution in [-0.4, -0.2) is 17.6 Å². The van der Waals surface area contributed by atoms with Crippen molar-refractivity contribution in [3.8, 4) is 0 Å². The summed E-state index contributed by atoms with van der Waals surface area (Å²) in [5.41, 5.74) is 6.98. The molecular formula is C10H19N3S. The highest BCUT2D eigenvalue weighted by Gasteiger charge is 2.01. The van der Waals surface area contributed by atoms with E-state index in [4.69, 9.17) is 5.73 Å². The van der Waals surface area contributed by atoms with Gasteiger partial charge in [0.2, 0.25) is 0 Å². The fraction of sp³-hybridized carbons (Fsp3) is 0.700. The number of aromatic nitrogens is 1. The Bertz CT molecular complexity index is 260. The summed E-state index contributed by atoms with van der Waals surface area (Å²) >= 11 is 1.67. The lowest BCUT2D eigenvalue weighted by Crippen LogP contribution is -2.22. The highest BCUT2D eigenvalue weighted by Crippen LogP contribution is 2.15. The van der Waals surface area contributed by atoms with Crippen molar-refractivity contribution < 1.29 is 0 Å². The molecule has 0 aromatic carbocycles. The SMILES string of the molecule is CCc1csc(NCCC(N)CC)n1. The fourth-order valence-electron chi connectivity index (χ4n) is 1.12. The van der Waals surface area contributed by atoms with Crippen molar-refractivity contribution in [3.63, 3.8) is 0 Å². The molecule has 0 aliphatic heterocycles. The molecule has 0 saturated carbocycles. The second-order valence-electron chi connectivity index (χ2n) is 3.38. The normalized spacial score (nSPS) is 12.8. The van der Waals surface area contributed by atoms with Crippen LogP contribution in [0.2, 0.25) is 0 Å². The minimum atomic E-state index is 0.313. The van der Waals surface area contributed by atoms with Crippen molar-refractivity contribution in [2.24, 2.45) is 5.73 Å². The van der Waals surface area contributed by atoms with E-state index in [2.05, 4.69) is 29.5 Å². The summed E-state index contributed by atoms with van der Waals surface area (Å²) in [7, 11) is 0. The Morgan fingerprint density at radius 3 is 2.93 bits per heavy atom. The molecule has 3 N–H and O–H groups in total. The number of hydrogen-bond acceptors (Lipinski definition) is 4. The monoisotopic (exact) mass is 213 g/mol. The maximum absolute atomic E-state index is 5.81. The summed E-state index contributed by atoms with van der Waals surface area (Å²) < 4.78 is 0. The first-order valence-corrected chi connectivity index (χ1v) is 6.08. The van der Waals surface area contributed by atoms with E-state index in [9.17, 15) is 0 Å². The third kappa shape index (κ3) is 3.64. The number of anilines is 1. The number of rotatable bonds is 6. The highest BCUT2D eigenvalue weighted by molar-refractivity contribution is 7.13. The Balaban J connectivity index is 2.24. The predicted octanol–water partition coefficient (Wildman–Crippen LogP) is 2.24. The molecule has 0 saturated heterocycles. The molecule has 3 nitrogen and oxygen atoms in total. The van der Waals surface area contributed by atoms with Crippen LogP contribution in [0, 0.1) is 0 Å². The summed E-state index contributed by atoms with van der Waals surface area (Å²) in [5, 5.41) is 6.41. The first kappa shape index (κ1) is 11.5. The fourth-order valence-corrected chi connectivity index (χ4v) is 1.94. The van der Waals surface area contributed by atoms with Crippen molar-refractivity contribution in [1.29, 1.82) is 0 Å². The Hall–Kier alpha value is -0.610. The zero-order valence-corrected chi connectivity index (χ0v) is 9.73. The molecule has 0 amide bonds. The molecular weight excluding hydrogens is 194 g/mol. The number of nitrogens with zero attached hydrogens (tertiary/aromatic N) is 1. The Morgan fingerprint density at radius 2 is 2.36 bits per heavy atom. The van der Waals surface area contributed by atoms with Gasteiger partial charge in [0.25, 0.3) is 0 Å². The average Bonchev–Trinajstić information content (AvgIpc) is 2.65.